The first-order valence-corrected chi connectivity index (χ1v) is 5.46. The summed E-state index contributed by atoms with van der Waals surface area (Å²) in [6.07, 6.45) is 0.728. The molecule has 14 heavy (non-hydrogen) atoms. The van der Waals surface area contributed by atoms with Crippen molar-refractivity contribution in [2.75, 3.05) is 26.2 Å². The molecule has 0 aromatic heterocycles. The van der Waals surface area contributed by atoms with Crippen LogP contribution in [0.15, 0.2) is 0 Å². The van der Waals surface area contributed by atoms with Gasteiger partial charge in [0, 0.05) is 31.7 Å². The highest BCUT2D eigenvalue weighted by Crippen LogP contribution is 2.22. The first-order valence-electron chi connectivity index (χ1n) is 5.46. The summed E-state index contributed by atoms with van der Waals surface area (Å²) >= 11 is 0. The van der Waals surface area contributed by atoms with Crippen LogP contribution in [0.25, 0.3) is 0 Å². The number of aliphatic hydroxyl groups is 2. The molecule has 1 saturated heterocycles. The van der Waals surface area contributed by atoms with Gasteiger partial charge in [-0.25, -0.2) is 0 Å². The number of aliphatic hydroxyl groups excluding tert-OH is 2. The van der Waals surface area contributed by atoms with Crippen LogP contribution >= 0.6 is 0 Å². The van der Waals surface area contributed by atoms with Gasteiger partial charge in [0.25, 0.3) is 0 Å². The van der Waals surface area contributed by atoms with Gasteiger partial charge in [-0.05, 0) is 12.3 Å². The number of hydrogen-bond donors (Lipinski definition) is 2. The molecule has 0 saturated carbocycles. The molecule has 2 unspecified atom stereocenters. The van der Waals surface area contributed by atoms with E-state index in [1.165, 1.54) is 0 Å². The van der Waals surface area contributed by atoms with E-state index in [4.69, 9.17) is 5.11 Å². The molecule has 0 aromatic carbocycles. The fraction of sp³-hybridized carbons (Fsp3) is 1.00. The Bertz CT molecular complexity index is 182. The Labute approximate surface area is 86.7 Å². The summed E-state index contributed by atoms with van der Waals surface area (Å²) in [5.74, 6) is 0.359. The zero-order chi connectivity index (χ0) is 10.8. The van der Waals surface area contributed by atoms with E-state index in [2.05, 4.69) is 25.7 Å². The van der Waals surface area contributed by atoms with Crippen LogP contribution < -0.4 is 0 Å². The Morgan fingerprint density at radius 3 is 2.57 bits per heavy atom. The van der Waals surface area contributed by atoms with Crippen molar-refractivity contribution < 1.29 is 10.2 Å². The van der Waals surface area contributed by atoms with Crippen LogP contribution in [0, 0.1) is 11.3 Å². The Balaban J connectivity index is 2.40. The van der Waals surface area contributed by atoms with Crippen molar-refractivity contribution in [3.05, 3.63) is 0 Å². The zero-order valence-electron chi connectivity index (χ0n) is 9.53. The molecule has 0 spiro atoms. The molecule has 1 heterocycles. The van der Waals surface area contributed by atoms with Crippen molar-refractivity contribution in [2.45, 2.75) is 33.3 Å². The van der Waals surface area contributed by atoms with Crippen molar-refractivity contribution in [3.8, 4) is 0 Å². The minimum absolute atomic E-state index is 0.0258. The van der Waals surface area contributed by atoms with Gasteiger partial charge < -0.3 is 15.1 Å². The fourth-order valence-corrected chi connectivity index (χ4v) is 2.02. The first-order chi connectivity index (χ1) is 6.44. The molecule has 0 radical (unpaired) electrons. The van der Waals surface area contributed by atoms with Gasteiger partial charge in [0.05, 0.1) is 6.10 Å². The molecule has 1 rings (SSSR count). The predicted octanol–water partition coefficient (Wildman–Crippen LogP) is 0.708. The van der Waals surface area contributed by atoms with Gasteiger partial charge >= 0.3 is 0 Å². The molecule has 84 valence electrons. The van der Waals surface area contributed by atoms with Crippen LogP contribution in [0.4, 0.5) is 0 Å². The van der Waals surface area contributed by atoms with Crippen LogP contribution in [-0.4, -0.2) is 47.5 Å². The number of rotatable bonds is 3. The smallest absolute Gasteiger partial charge is 0.0590 e. The van der Waals surface area contributed by atoms with Crippen LogP contribution in [0.1, 0.15) is 27.2 Å². The third-order valence-corrected chi connectivity index (χ3v) is 3.02. The molecule has 0 aliphatic carbocycles. The number of likely N-dealkylation sites (tertiary alicyclic amines) is 1. The fourth-order valence-electron chi connectivity index (χ4n) is 2.02. The number of piperidine rings is 1. The van der Waals surface area contributed by atoms with E-state index >= 15 is 0 Å². The minimum atomic E-state index is -0.136. The molecule has 0 amide bonds. The molecule has 3 nitrogen and oxygen atoms in total. The maximum Gasteiger partial charge on any atom is 0.0590 e. The van der Waals surface area contributed by atoms with E-state index in [9.17, 15) is 5.11 Å². The normalized spacial score (nSPS) is 30.6. The molecule has 0 bridgehead atoms. The molecule has 2 N–H and O–H groups in total. The molecule has 2 atom stereocenters. The maximum absolute atomic E-state index is 9.57. The van der Waals surface area contributed by atoms with Crippen LogP contribution in [0.2, 0.25) is 0 Å². The SMILES string of the molecule is CC1CN(CC(C)(C)CO)CCC1O. The third-order valence-electron chi connectivity index (χ3n) is 3.02. The Morgan fingerprint density at radius 1 is 1.43 bits per heavy atom. The van der Waals surface area contributed by atoms with E-state index in [0.29, 0.717) is 5.92 Å². The van der Waals surface area contributed by atoms with Gasteiger partial charge in [0.15, 0.2) is 0 Å². The average molecular weight is 201 g/mol. The lowest BCUT2D eigenvalue weighted by molar-refractivity contribution is 0.0118. The maximum atomic E-state index is 9.57. The summed E-state index contributed by atoms with van der Waals surface area (Å²) in [6, 6.07) is 0. The molecular weight excluding hydrogens is 178 g/mol. The minimum Gasteiger partial charge on any atom is -0.396 e. The Morgan fingerprint density at radius 2 is 2.07 bits per heavy atom. The van der Waals surface area contributed by atoms with Crippen LogP contribution in [-0.2, 0) is 0 Å². The highest BCUT2D eigenvalue weighted by atomic mass is 16.3. The number of nitrogens with zero attached hydrogens (tertiary/aromatic N) is 1. The summed E-state index contributed by atoms with van der Waals surface area (Å²) in [4.78, 5) is 2.34. The van der Waals surface area contributed by atoms with E-state index in [1.54, 1.807) is 0 Å². The summed E-state index contributed by atoms with van der Waals surface area (Å²) in [6.45, 7) is 9.27. The van der Waals surface area contributed by atoms with E-state index in [1.807, 2.05) is 0 Å². The summed E-state index contributed by atoms with van der Waals surface area (Å²) in [5, 5.41) is 18.7. The van der Waals surface area contributed by atoms with Gasteiger partial charge in [0.2, 0.25) is 0 Å². The lowest BCUT2D eigenvalue weighted by atomic mass is 9.90. The zero-order valence-corrected chi connectivity index (χ0v) is 9.53. The van der Waals surface area contributed by atoms with Gasteiger partial charge in [-0.2, -0.15) is 0 Å². The van der Waals surface area contributed by atoms with Crippen molar-refractivity contribution in [1.29, 1.82) is 0 Å². The monoisotopic (exact) mass is 201 g/mol. The second-order valence-corrected chi connectivity index (χ2v) is 5.39. The van der Waals surface area contributed by atoms with E-state index in [0.717, 1.165) is 26.1 Å². The standard InChI is InChI=1S/C11H23NO2/c1-9-6-12(5-4-10(9)14)7-11(2,3)8-13/h9-10,13-14H,4-8H2,1-3H3. The van der Waals surface area contributed by atoms with Crippen molar-refractivity contribution >= 4 is 0 Å². The molecule has 1 aliphatic heterocycles. The predicted molar refractivity (Wildman–Crippen MR) is 57.1 cm³/mol. The largest absolute Gasteiger partial charge is 0.396 e. The number of hydrogen-bond acceptors (Lipinski definition) is 3. The van der Waals surface area contributed by atoms with E-state index in [-0.39, 0.29) is 18.1 Å². The highest BCUT2D eigenvalue weighted by Gasteiger charge is 2.28. The van der Waals surface area contributed by atoms with Gasteiger partial charge in [-0.15, -0.1) is 0 Å². The van der Waals surface area contributed by atoms with Gasteiger partial charge in [-0.1, -0.05) is 20.8 Å². The lowest BCUT2D eigenvalue weighted by Crippen LogP contribution is -2.46. The highest BCUT2D eigenvalue weighted by molar-refractivity contribution is 4.81. The molecular formula is C11H23NO2. The average Bonchev–Trinajstić information content (AvgIpc) is 2.11. The third kappa shape index (κ3) is 3.23. The first kappa shape index (κ1) is 12.0. The second kappa shape index (κ2) is 4.60. The quantitative estimate of drug-likeness (QED) is 0.706. The molecule has 0 aromatic rings. The Hall–Kier alpha value is -0.120. The van der Waals surface area contributed by atoms with E-state index < -0.39 is 0 Å². The summed E-state index contributed by atoms with van der Waals surface area (Å²) in [5.41, 5.74) is -0.0258. The molecule has 1 fully saturated rings. The lowest BCUT2D eigenvalue weighted by Gasteiger charge is -2.38. The molecule has 1 aliphatic rings. The van der Waals surface area contributed by atoms with Gasteiger partial charge in [0.1, 0.15) is 0 Å². The Kier molecular flexibility index (Phi) is 3.93. The second-order valence-electron chi connectivity index (χ2n) is 5.39. The van der Waals surface area contributed by atoms with Crippen molar-refractivity contribution in [1.82, 2.24) is 4.90 Å². The van der Waals surface area contributed by atoms with Crippen LogP contribution in [0.5, 0.6) is 0 Å². The summed E-state index contributed by atoms with van der Waals surface area (Å²) in [7, 11) is 0. The van der Waals surface area contributed by atoms with Crippen LogP contribution in [0.3, 0.4) is 0 Å². The van der Waals surface area contributed by atoms with Crippen molar-refractivity contribution in [2.24, 2.45) is 11.3 Å². The topological polar surface area (TPSA) is 43.7 Å². The van der Waals surface area contributed by atoms with Crippen molar-refractivity contribution in [3.63, 3.8) is 0 Å². The van der Waals surface area contributed by atoms with Gasteiger partial charge in [-0.3, -0.25) is 0 Å². The summed E-state index contributed by atoms with van der Waals surface area (Å²) < 4.78 is 0. The molecule has 3 heteroatoms.